The van der Waals surface area contributed by atoms with Crippen molar-refractivity contribution >= 4 is 40.4 Å². The molecule has 0 aliphatic carbocycles. The third kappa shape index (κ3) is 3.05. The Morgan fingerprint density at radius 1 is 1.28 bits per heavy atom. The van der Waals surface area contributed by atoms with Gasteiger partial charge in [0.25, 0.3) is 5.91 Å². The standard InChI is InChI=1S/C13H11Cl2NOS/c1-8(9-2-3-11(14)12(15)6-9)16-13(17)10-4-5-18-7-10/h2-8H,1H3,(H,16,17). The van der Waals surface area contributed by atoms with E-state index in [1.807, 2.05) is 23.8 Å². The van der Waals surface area contributed by atoms with Gasteiger partial charge in [-0.15, -0.1) is 0 Å². The highest BCUT2D eigenvalue weighted by molar-refractivity contribution is 7.08. The van der Waals surface area contributed by atoms with E-state index in [1.165, 1.54) is 11.3 Å². The van der Waals surface area contributed by atoms with E-state index in [2.05, 4.69) is 5.32 Å². The highest BCUT2D eigenvalue weighted by Gasteiger charge is 2.12. The van der Waals surface area contributed by atoms with Crippen molar-refractivity contribution in [1.29, 1.82) is 0 Å². The van der Waals surface area contributed by atoms with Gasteiger partial charge in [-0.2, -0.15) is 11.3 Å². The summed E-state index contributed by atoms with van der Waals surface area (Å²) < 4.78 is 0. The summed E-state index contributed by atoms with van der Waals surface area (Å²) in [5.74, 6) is -0.0881. The Hall–Kier alpha value is -1.03. The summed E-state index contributed by atoms with van der Waals surface area (Å²) in [5, 5.41) is 7.60. The van der Waals surface area contributed by atoms with E-state index in [4.69, 9.17) is 23.2 Å². The quantitative estimate of drug-likeness (QED) is 0.885. The van der Waals surface area contributed by atoms with E-state index >= 15 is 0 Å². The summed E-state index contributed by atoms with van der Waals surface area (Å²) in [6, 6.07) is 7.02. The molecule has 1 N–H and O–H groups in total. The van der Waals surface area contributed by atoms with Crippen LogP contribution in [0.3, 0.4) is 0 Å². The fourth-order valence-electron chi connectivity index (χ4n) is 1.54. The zero-order chi connectivity index (χ0) is 13.1. The van der Waals surface area contributed by atoms with Crippen LogP contribution >= 0.6 is 34.5 Å². The van der Waals surface area contributed by atoms with E-state index in [0.29, 0.717) is 15.6 Å². The molecule has 1 amide bonds. The van der Waals surface area contributed by atoms with Crippen molar-refractivity contribution in [3.05, 3.63) is 56.2 Å². The lowest BCUT2D eigenvalue weighted by Gasteiger charge is -2.14. The zero-order valence-electron chi connectivity index (χ0n) is 9.61. The summed E-state index contributed by atoms with van der Waals surface area (Å²) in [4.78, 5) is 11.9. The van der Waals surface area contributed by atoms with Gasteiger partial charge in [0, 0.05) is 5.38 Å². The van der Waals surface area contributed by atoms with E-state index in [1.54, 1.807) is 18.2 Å². The second kappa shape index (κ2) is 5.74. The minimum Gasteiger partial charge on any atom is -0.345 e. The molecule has 0 saturated carbocycles. The predicted molar refractivity (Wildman–Crippen MR) is 76.7 cm³/mol. The van der Waals surface area contributed by atoms with E-state index in [0.717, 1.165) is 5.56 Å². The molecule has 2 aromatic rings. The van der Waals surface area contributed by atoms with Gasteiger partial charge in [-0.05, 0) is 36.1 Å². The minimum absolute atomic E-state index is 0.0881. The molecule has 1 unspecified atom stereocenters. The Morgan fingerprint density at radius 2 is 2.06 bits per heavy atom. The summed E-state index contributed by atoms with van der Waals surface area (Å²) in [7, 11) is 0. The van der Waals surface area contributed by atoms with E-state index < -0.39 is 0 Å². The summed E-state index contributed by atoms with van der Waals surface area (Å²) in [6.07, 6.45) is 0. The summed E-state index contributed by atoms with van der Waals surface area (Å²) in [6.45, 7) is 1.91. The van der Waals surface area contributed by atoms with Gasteiger partial charge in [-0.1, -0.05) is 29.3 Å². The normalized spacial score (nSPS) is 12.2. The van der Waals surface area contributed by atoms with Crippen LogP contribution in [-0.2, 0) is 0 Å². The molecule has 2 rings (SSSR count). The van der Waals surface area contributed by atoms with Gasteiger partial charge >= 0.3 is 0 Å². The molecule has 1 aromatic heterocycles. The molecule has 0 aliphatic heterocycles. The number of halogens is 2. The van der Waals surface area contributed by atoms with Crippen LogP contribution in [-0.4, -0.2) is 5.91 Å². The Labute approximate surface area is 120 Å². The van der Waals surface area contributed by atoms with Crippen LogP contribution in [0.15, 0.2) is 35.0 Å². The van der Waals surface area contributed by atoms with Crippen molar-refractivity contribution in [1.82, 2.24) is 5.32 Å². The van der Waals surface area contributed by atoms with Crippen molar-refractivity contribution in [3.63, 3.8) is 0 Å². The number of benzene rings is 1. The van der Waals surface area contributed by atoms with Crippen molar-refractivity contribution < 1.29 is 4.79 Å². The second-order valence-corrected chi connectivity index (χ2v) is 5.48. The molecule has 0 bridgehead atoms. The first-order valence-corrected chi connectivity index (χ1v) is 7.06. The molecule has 94 valence electrons. The lowest BCUT2D eigenvalue weighted by atomic mass is 10.1. The first-order chi connectivity index (χ1) is 8.58. The molecule has 0 spiro atoms. The van der Waals surface area contributed by atoms with E-state index in [-0.39, 0.29) is 11.9 Å². The fraction of sp³-hybridized carbons (Fsp3) is 0.154. The molecule has 0 radical (unpaired) electrons. The minimum atomic E-state index is -0.118. The number of thiophene rings is 1. The van der Waals surface area contributed by atoms with Crippen LogP contribution in [0.2, 0.25) is 10.0 Å². The molecule has 1 aromatic carbocycles. The van der Waals surface area contributed by atoms with Crippen molar-refractivity contribution in [2.45, 2.75) is 13.0 Å². The zero-order valence-corrected chi connectivity index (χ0v) is 11.9. The number of carbonyl (C=O) groups is 1. The van der Waals surface area contributed by atoms with Crippen LogP contribution in [0.5, 0.6) is 0 Å². The third-order valence-electron chi connectivity index (χ3n) is 2.57. The largest absolute Gasteiger partial charge is 0.345 e. The van der Waals surface area contributed by atoms with Crippen molar-refractivity contribution in [2.24, 2.45) is 0 Å². The highest BCUT2D eigenvalue weighted by atomic mass is 35.5. The number of hydrogen-bond donors (Lipinski definition) is 1. The first-order valence-electron chi connectivity index (χ1n) is 5.36. The number of hydrogen-bond acceptors (Lipinski definition) is 2. The molecule has 0 fully saturated rings. The van der Waals surface area contributed by atoms with Gasteiger partial charge in [-0.3, -0.25) is 4.79 Å². The van der Waals surface area contributed by atoms with Gasteiger partial charge < -0.3 is 5.32 Å². The maximum Gasteiger partial charge on any atom is 0.252 e. The monoisotopic (exact) mass is 299 g/mol. The smallest absolute Gasteiger partial charge is 0.252 e. The maximum absolute atomic E-state index is 11.9. The van der Waals surface area contributed by atoms with E-state index in [9.17, 15) is 4.79 Å². The molecule has 2 nitrogen and oxygen atoms in total. The van der Waals surface area contributed by atoms with Gasteiger partial charge in [-0.25, -0.2) is 0 Å². The Bertz CT molecular complexity index is 554. The van der Waals surface area contributed by atoms with Crippen LogP contribution in [0, 0.1) is 0 Å². The average molecular weight is 300 g/mol. The maximum atomic E-state index is 11.9. The predicted octanol–water partition coefficient (Wildman–Crippen LogP) is 4.55. The lowest BCUT2D eigenvalue weighted by molar-refractivity contribution is 0.0940. The fourth-order valence-corrected chi connectivity index (χ4v) is 2.48. The average Bonchev–Trinajstić information content (AvgIpc) is 2.86. The molecule has 0 saturated heterocycles. The molecule has 18 heavy (non-hydrogen) atoms. The molecule has 1 atom stereocenters. The Kier molecular flexibility index (Phi) is 4.27. The van der Waals surface area contributed by atoms with Gasteiger partial charge in [0.1, 0.15) is 0 Å². The van der Waals surface area contributed by atoms with Gasteiger partial charge in [0.2, 0.25) is 0 Å². The second-order valence-electron chi connectivity index (χ2n) is 3.88. The number of carbonyl (C=O) groups excluding carboxylic acids is 1. The van der Waals surface area contributed by atoms with Gasteiger partial charge in [0.15, 0.2) is 0 Å². The lowest BCUT2D eigenvalue weighted by Crippen LogP contribution is -2.26. The molecular weight excluding hydrogens is 289 g/mol. The highest BCUT2D eigenvalue weighted by Crippen LogP contribution is 2.25. The molecule has 0 aliphatic rings. The number of rotatable bonds is 3. The summed E-state index contributed by atoms with van der Waals surface area (Å²) in [5.41, 5.74) is 1.60. The Morgan fingerprint density at radius 3 is 2.67 bits per heavy atom. The van der Waals surface area contributed by atoms with Crippen LogP contribution < -0.4 is 5.32 Å². The van der Waals surface area contributed by atoms with Gasteiger partial charge in [0.05, 0.1) is 21.7 Å². The van der Waals surface area contributed by atoms with Crippen molar-refractivity contribution in [2.75, 3.05) is 0 Å². The van der Waals surface area contributed by atoms with Crippen LogP contribution in [0.1, 0.15) is 28.9 Å². The summed E-state index contributed by atoms with van der Waals surface area (Å²) >= 11 is 13.3. The van der Waals surface area contributed by atoms with Crippen LogP contribution in [0.4, 0.5) is 0 Å². The molecular formula is C13H11Cl2NOS. The third-order valence-corrected chi connectivity index (χ3v) is 4.00. The number of nitrogens with one attached hydrogen (secondary N) is 1. The van der Waals surface area contributed by atoms with Crippen molar-refractivity contribution in [3.8, 4) is 0 Å². The van der Waals surface area contributed by atoms with Crippen LogP contribution in [0.25, 0.3) is 0 Å². The SMILES string of the molecule is CC(NC(=O)c1ccsc1)c1ccc(Cl)c(Cl)c1. The molecule has 5 heteroatoms. The topological polar surface area (TPSA) is 29.1 Å². The molecule has 1 heterocycles. The Balaban J connectivity index is 2.10. The first kappa shape index (κ1) is 13.4. The number of amides is 1.